The second-order valence-electron chi connectivity index (χ2n) is 3.96. The standard InChI is InChI=1S/C10H21NO2/c1-8(2)5-6-13-7-10(12)11-9(3)4/h8-9H,5-7H2,1-4H3,(H,11,12). The van der Waals surface area contributed by atoms with Crippen LogP contribution < -0.4 is 5.32 Å². The topological polar surface area (TPSA) is 38.3 Å². The van der Waals surface area contributed by atoms with Crippen molar-refractivity contribution < 1.29 is 9.53 Å². The first kappa shape index (κ1) is 12.4. The Morgan fingerprint density at radius 2 is 1.92 bits per heavy atom. The largest absolute Gasteiger partial charge is 0.372 e. The molecule has 0 heterocycles. The number of amides is 1. The highest BCUT2D eigenvalue weighted by Crippen LogP contribution is 1.98. The zero-order chi connectivity index (χ0) is 10.3. The van der Waals surface area contributed by atoms with Crippen LogP contribution in [0.15, 0.2) is 0 Å². The fourth-order valence-corrected chi connectivity index (χ4v) is 0.848. The van der Waals surface area contributed by atoms with Gasteiger partial charge in [0.1, 0.15) is 6.61 Å². The van der Waals surface area contributed by atoms with E-state index in [0.29, 0.717) is 12.5 Å². The van der Waals surface area contributed by atoms with Crippen LogP contribution in [-0.2, 0) is 9.53 Å². The van der Waals surface area contributed by atoms with E-state index in [1.54, 1.807) is 0 Å². The maximum absolute atomic E-state index is 11.1. The molecule has 0 rings (SSSR count). The molecule has 0 saturated carbocycles. The van der Waals surface area contributed by atoms with Gasteiger partial charge in [0, 0.05) is 12.6 Å². The van der Waals surface area contributed by atoms with Gasteiger partial charge in [0.05, 0.1) is 0 Å². The molecule has 0 aromatic heterocycles. The van der Waals surface area contributed by atoms with Gasteiger partial charge in [0.15, 0.2) is 0 Å². The minimum Gasteiger partial charge on any atom is -0.372 e. The molecule has 3 nitrogen and oxygen atoms in total. The lowest BCUT2D eigenvalue weighted by atomic mass is 10.1. The van der Waals surface area contributed by atoms with Gasteiger partial charge >= 0.3 is 0 Å². The van der Waals surface area contributed by atoms with Crippen molar-refractivity contribution in [3.05, 3.63) is 0 Å². The molecule has 0 unspecified atom stereocenters. The highest BCUT2D eigenvalue weighted by molar-refractivity contribution is 5.77. The number of carbonyl (C=O) groups is 1. The van der Waals surface area contributed by atoms with E-state index in [1.165, 1.54) is 0 Å². The van der Waals surface area contributed by atoms with Crippen LogP contribution in [0.5, 0.6) is 0 Å². The Bertz CT molecular complexity index is 144. The summed E-state index contributed by atoms with van der Waals surface area (Å²) in [6.07, 6.45) is 1.01. The number of carbonyl (C=O) groups excluding carboxylic acids is 1. The van der Waals surface area contributed by atoms with Crippen LogP contribution in [0.25, 0.3) is 0 Å². The van der Waals surface area contributed by atoms with Crippen LogP contribution in [0.3, 0.4) is 0 Å². The third-order valence-electron chi connectivity index (χ3n) is 1.52. The Labute approximate surface area is 80.8 Å². The van der Waals surface area contributed by atoms with Crippen molar-refractivity contribution in [2.45, 2.75) is 40.2 Å². The first-order valence-corrected chi connectivity index (χ1v) is 4.89. The van der Waals surface area contributed by atoms with Crippen molar-refractivity contribution in [2.75, 3.05) is 13.2 Å². The summed E-state index contributed by atoms with van der Waals surface area (Å²) in [6.45, 7) is 9.00. The molecule has 13 heavy (non-hydrogen) atoms. The van der Waals surface area contributed by atoms with Crippen LogP contribution in [0, 0.1) is 5.92 Å². The van der Waals surface area contributed by atoms with E-state index in [4.69, 9.17) is 4.74 Å². The Hall–Kier alpha value is -0.570. The van der Waals surface area contributed by atoms with Gasteiger partial charge < -0.3 is 10.1 Å². The molecule has 3 heteroatoms. The fraction of sp³-hybridized carbons (Fsp3) is 0.900. The molecule has 0 bridgehead atoms. The highest BCUT2D eigenvalue weighted by atomic mass is 16.5. The second-order valence-corrected chi connectivity index (χ2v) is 3.96. The summed E-state index contributed by atoms with van der Waals surface area (Å²) in [4.78, 5) is 11.1. The molecule has 1 amide bonds. The molecule has 0 aliphatic carbocycles. The molecule has 0 aliphatic heterocycles. The molecule has 0 saturated heterocycles. The smallest absolute Gasteiger partial charge is 0.246 e. The van der Waals surface area contributed by atoms with Crippen LogP contribution in [0.2, 0.25) is 0 Å². The van der Waals surface area contributed by atoms with Crippen LogP contribution in [0.1, 0.15) is 34.1 Å². The summed E-state index contributed by atoms with van der Waals surface area (Å²) in [6, 6.07) is 0.196. The lowest BCUT2D eigenvalue weighted by Gasteiger charge is -2.09. The third-order valence-corrected chi connectivity index (χ3v) is 1.52. The maximum atomic E-state index is 11.1. The summed E-state index contributed by atoms with van der Waals surface area (Å²) in [5.74, 6) is 0.604. The molecule has 0 spiro atoms. The van der Waals surface area contributed by atoms with Crippen LogP contribution >= 0.6 is 0 Å². The van der Waals surface area contributed by atoms with Crippen molar-refractivity contribution in [2.24, 2.45) is 5.92 Å². The van der Waals surface area contributed by atoms with E-state index < -0.39 is 0 Å². The molecular formula is C10H21NO2. The van der Waals surface area contributed by atoms with Gasteiger partial charge in [0.25, 0.3) is 0 Å². The molecular weight excluding hydrogens is 166 g/mol. The molecule has 0 radical (unpaired) electrons. The number of hydrogen-bond donors (Lipinski definition) is 1. The van der Waals surface area contributed by atoms with Gasteiger partial charge in [-0.2, -0.15) is 0 Å². The van der Waals surface area contributed by atoms with Crippen LogP contribution in [0.4, 0.5) is 0 Å². The Morgan fingerprint density at radius 3 is 2.38 bits per heavy atom. The fourth-order valence-electron chi connectivity index (χ4n) is 0.848. The van der Waals surface area contributed by atoms with Crippen molar-refractivity contribution in [3.63, 3.8) is 0 Å². The Balaban J connectivity index is 3.27. The van der Waals surface area contributed by atoms with E-state index in [0.717, 1.165) is 6.42 Å². The van der Waals surface area contributed by atoms with E-state index in [1.807, 2.05) is 13.8 Å². The first-order chi connectivity index (χ1) is 6.02. The van der Waals surface area contributed by atoms with Gasteiger partial charge in [-0.15, -0.1) is 0 Å². The van der Waals surface area contributed by atoms with Crippen molar-refractivity contribution in [3.8, 4) is 0 Å². The number of nitrogens with one attached hydrogen (secondary N) is 1. The monoisotopic (exact) mass is 187 g/mol. The summed E-state index contributed by atoms with van der Waals surface area (Å²) >= 11 is 0. The maximum Gasteiger partial charge on any atom is 0.246 e. The highest BCUT2D eigenvalue weighted by Gasteiger charge is 2.02. The quantitative estimate of drug-likeness (QED) is 0.641. The predicted molar refractivity (Wildman–Crippen MR) is 53.6 cm³/mol. The second kappa shape index (κ2) is 6.89. The van der Waals surface area contributed by atoms with E-state index in [2.05, 4.69) is 19.2 Å². The number of hydrogen-bond acceptors (Lipinski definition) is 2. The Morgan fingerprint density at radius 1 is 1.31 bits per heavy atom. The molecule has 0 aromatic carbocycles. The summed E-state index contributed by atoms with van der Waals surface area (Å²) < 4.78 is 5.20. The zero-order valence-electron chi connectivity index (χ0n) is 9.09. The average Bonchev–Trinajstić information content (AvgIpc) is 1.96. The molecule has 0 aliphatic rings. The normalized spacial score (nSPS) is 10.9. The molecule has 0 aromatic rings. The number of rotatable bonds is 6. The van der Waals surface area contributed by atoms with Gasteiger partial charge in [-0.3, -0.25) is 4.79 Å². The van der Waals surface area contributed by atoms with Crippen molar-refractivity contribution in [1.82, 2.24) is 5.32 Å². The third kappa shape index (κ3) is 9.34. The average molecular weight is 187 g/mol. The first-order valence-electron chi connectivity index (χ1n) is 4.89. The zero-order valence-corrected chi connectivity index (χ0v) is 9.09. The van der Waals surface area contributed by atoms with Gasteiger partial charge in [-0.05, 0) is 26.2 Å². The van der Waals surface area contributed by atoms with Gasteiger partial charge in [0.2, 0.25) is 5.91 Å². The SMILES string of the molecule is CC(C)CCOCC(=O)NC(C)C. The van der Waals surface area contributed by atoms with E-state index in [9.17, 15) is 4.79 Å². The molecule has 1 N–H and O–H groups in total. The molecule has 78 valence electrons. The Kier molecular flexibility index (Phi) is 6.59. The van der Waals surface area contributed by atoms with Crippen molar-refractivity contribution >= 4 is 5.91 Å². The summed E-state index contributed by atoms with van der Waals surface area (Å²) in [5.41, 5.74) is 0. The minimum absolute atomic E-state index is 0.0289. The summed E-state index contributed by atoms with van der Waals surface area (Å²) in [5, 5.41) is 2.77. The van der Waals surface area contributed by atoms with Gasteiger partial charge in [-0.1, -0.05) is 13.8 Å². The predicted octanol–water partition coefficient (Wildman–Crippen LogP) is 1.57. The van der Waals surface area contributed by atoms with Gasteiger partial charge in [-0.25, -0.2) is 0 Å². The molecule has 0 fully saturated rings. The number of ether oxygens (including phenoxy) is 1. The minimum atomic E-state index is -0.0289. The van der Waals surface area contributed by atoms with Crippen LogP contribution in [-0.4, -0.2) is 25.2 Å². The van der Waals surface area contributed by atoms with Crippen molar-refractivity contribution in [1.29, 1.82) is 0 Å². The van der Waals surface area contributed by atoms with E-state index in [-0.39, 0.29) is 18.6 Å². The lowest BCUT2D eigenvalue weighted by molar-refractivity contribution is -0.126. The summed E-state index contributed by atoms with van der Waals surface area (Å²) in [7, 11) is 0. The lowest BCUT2D eigenvalue weighted by Crippen LogP contribution is -2.33. The van der Waals surface area contributed by atoms with E-state index >= 15 is 0 Å². The molecule has 0 atom stereocenters.